The van der Waals surface area contributed by atoms with Gasteiger partial charge in [-0.05, 0) is 6.92 Å². The van der Waals surface area contributed by atoms with Crippen molar-refractivity contribution in [3.05, 3.63) is 27.7 Å². The maximum Gasteiger partial charge on any atom is 0.359 e. The van der Waals surface area contributed by atoms with E-state index in [0.717, 1.165) is 15.9 Å². The van der Waals surface area contributed by atoms with Gasteiger partial charge in [0.25, 0.3) is 0 Å². The lowest BCUT2D eigenvalue weighted by Gasteiger charge is -2.38. The molecule has 2 aliphatic heterocycles. The SMILES string of the molecule is Cc1c(F)c2c3c(nc(=O)n(I)c3c1F)N1CCN(I)CC1CS2. The third kappa shape index (κ3) is 2.47. The number of piperazine rings is 1. The van der Waals surface area contributed by atoms with Gasteiger partial charge in [0.05, 0.1) is 39.2 Å². The molecule has 10 heteroatoms. The Labute approximate surface area is 168 Å². The fourth-order valence-electron chi connectivity index (χ4n) is 3.21. The van der Waals surface area contributed by atoms with Gasteiger partial charge in [-0.3, -0.25) is 0 Å². The fourth-order valence-corrected chi connectivity index (χ4v) is 5.70. The van der Waals surface area contributed by atoms with Crippen molar-refractivity contribution in [3.63, 3.8) is 0 Å². The first-order chi connectivity index (χ1) is 11.4. The molecule has 24 heavy (non-hydrogen) atoms. The summed E-state index contributed by atoms with van der Waals surface area (Å²) in [5.41, 5.74) is -0.455. The van der Waals surface area contributed by atoms with Crippen molar-refractivity contribution in [1.29, 1.82) is 0 Å². The Kier molecular flexibility index (Phi) is 4.44. The van der Waals surface area contributed by atoms with Crippen LogP contribution in [0.5, 0.6) is 0 Å². The Morgan fingerprint density at radius 3 is 2.75 bits per heavy atom. The van der Waals surface area contributed by atoms with Crippen LogP contribution in [0.3, 0.4) is 0 Å². The first-order valence-corrected chi connectivity index (χ1v) is 10.2. The molecule has 2 aromatic rings. The third-order valence-corrected chi connectivity index (χ3v) is 7.44. The highest BCUT2D eigenvalue weighted by molar-refractivity contribution is 14.1. The van der Waals surface area contributed by atoms with Crippen LogP contribution >= 0.6 is 57.5 Å². The van der Waals surface area contributed by atoms with Crippen LogP contribution in [0.4, 0.5) is 14.6 Å². The average molecular weight is 576 g/mol. The molecule has 1 atom stereocenters. The van der Waals surface area contributed by atoms with E-state index in [4.69, 9.17) is 0 Å². The van der Waals surface area contributed by atoms with Crippen molar-refractivity contribution in [2.45, 2.75) is 17.9 Å². The smallest absolute Gasteiger partial charge is 0.349 e. The van der Waals surface area contributed by atoms with E-state index in [9.17, 15) is 13.6 Å². The van der Waals surface area contributed by atoms with E-state index in [2.05, 4.69) is 31.0 Å². The van der Waals surface area contributed by atoms with Crippen molar-refractivity contribution in [2.24, 2.45) is 0 Å². The van der Waals surface area contributed by atoms with Gasteiger partial charge in [-0.1, -0.05) is 0 Å². The molecule has 128 valence electrons. The van der Waals surface area contributed by atoms with E-state index < -0.39 is 17.3 Å². The van der Waals surface area contributed by atoms with Gasteiger partial charge in [0.1, 0.15) is 17.2 Å². The van der Waals surface area contributed by atoms with Gasteiger partial charge in [0, 0.05) is 53.8 Å². The molecule has 0 saturated carbocycles. The summed E-state index contributed by atoms with van der Waals surface area (Å²) in [6, 6.07) is 0.107. The summed E-state index contributed by atoms with van der Waals surface area (Å²) in [4.78, 5) is 18.9. The molecule has 0 amide bonds. The van der Waals surface area contributed by atoms with Crippen LogP contribution < -0.4 is 10.6 Å². The van der Waals surface area contributed by atoms with E-state index >= 15 is 0 Å². The second-order valence-corrected chi connectivity index (χ2v) is 9.19. The summed E-state index contributed by atoms with van der Waals surface area (Å²) in [7, 11) is 0. The maximum atomic E-state index is 14.8. The van der Waals surface area contributed by atoms with Crippen LogP contribution in [0.15, 0.2) is 9.69 Å². The lowest BCUT2D eigenvalue weighted by molar-refractivity contribution is 0.401. The van der Waals surface area contributed by atoms with Crippen LogP contribution in [0.25, 0.3) is 10.9 Å². The van der Waals surface area contributed by atoms with Crippen molar-refractivity contribution >= 4 is 74.2 Å². The number of halogens is 4. The van der Waals surface area contributed by atoms with Gasteiger partial charge in [0.15, 0.2) is 5.82 Å². The first-order valence-electron chi connectivity index (χ1n) is 7.30. The molecule has 3 heterocycles. The molecule has 0 radical (unpaired) electrons. The normalized spacial score (nSPS) is 21.0. The van der Waals surface area contributed by atoms with Gasteiger partial charge in [-0.15, -0.1) is 11.8 Å². The van der Waals surface area contributed by atoms with Crippen LogP contribution in [0.1, 0.15) is 5.56 Å². The van der Waals surface area contributed by atoms with E-state index in [1.54, 1.807) is 22.9 Å². The highest BCUT2D eigenvalue weighted by Crippen LogP contribution is 2.43. The van der Waals surface area contributed by atoms with Crippen LogP contribution in [-0.4, -0.2) is 42.3 Å². The Balaban J connectivity index is 2.11. The summed E-state index contributed by atoms with van der Waals surface area (Å²) in [6.07, 6.45) is 0. The monoisotopic (exact) mass is 576 g/mol. The Morgan fingerprint density at radius 1 is 1.25 bits per heavy atom. The number of hydrogen-bond acceptors (Lipinski definition) is 5. The summed E-state index contributed by atoms with van der Waals surface area (Å²) >= 11 is 5.39. The molecule has 1 unspecified atom stereocenters. The molecule has 0 N–H and O–H groups in total. The van der Waals surface area contributed by atoms with Gasteiger partial charge in [-0.2, -0.15) is 4.98 Å². The van der Waals surface area contributed by atoms with E-state index in [1.807, 2.05) is 4.90 Å². The van der Waals surface area contributed by atoms with Crippen LogP contribution in [0.2, 0.25) is 0 Å². The number of nitrogens with zero attached hydrogens (tertiary/aromatic N) is 4. The van der Waals surface area contributed by atoms with Gasteiger partial charge >= 0.3 is 5.69 Å². The Hall–Kier alpha value is -0.210. The average Bonchev–Trinajstić information content (AvgIpc) is 2.70. The fraction of sp³-hybridized carbons (Fsp3) is 0.429. The third-order valence-electron chi connectivity index (χ3n) is 4.44. The van der Waals surface area contributed by atoms with Crippen molar-refractivity contribution < 1.29 is 8.78 Å². The topological polar surface area (TPSA) is 41.4 Å². The summed E-state index contributed by atoms with van der Waals surface area (Å²) in [6.45, 7) is 3.69. The van der Waals surface area contributed by atoms with E-state index in [1.165, 1.54) is 18.7 Å². The predicted octanol–water partition coefficient (Wildman–Crippen LogP) is 3.13. The van der Waals surface area contributed by atoms with Gasteiger partial charge < -0.3 is 4.90 Å². The Bertz CT molecular complexity index is 922. The molecule has 1 aromatic heterocycles. The van der Waals surface area contributed by atoms with Crippen molar-refractivity contribution in [3.8, 4) is 0 Å². The molecule has 0 bridgehead atoms. The van der Waals surface area contributed by atoms with E-state index in [-0.39, 0.29) is 17.1 Å². The minimum atomic E-state index is -0.687. The molecule has 1 saturated heterocycles. The molecule has 4 rings (SSSR count). The molecule has 5 nitrogen and oxygen atoms in total. The molecule has 2 aliphatic rings. The molecule has 1 fully saturated rings. The van der Waals surface area contributed by atoms with Gasteiger partial charge in [0.2, 0.25) is 0 Å². The molecular weight excluding hydrogens is 564 g/mol. The lowest BCUT2D eigenvalue weighted by Crippen LogP contribution is -2.51. The zero-order valence-corrected chi connectivity index (χ0v) is 17.7. The van der Waals surface area contributed by atoms with Gasteiger partial charge in [-0.25, -0.2) is 19.5 Å². The molecular formula is C14H12F2I2N4OS. The second kappa shape index (κ2) is 6.20. The highest BCUT2D eigenvalue weighted by atomic mass is 127. The first kappa shape index (κ1) is 17.2. The minimum Gasteiger partial charge on any atom is -0.349 e. The second-order valence-electron chi connectivity index (χ2n) is 5.83. The molecule has 0 aliphatic carbocycles. The highest BCUT2D eigenvalue weighted by Gasteiger charge is 2.35. The number of thioether (sulfide) groups is 1. The minimum absolute atomic E-state index is 0.0534. The lowest BCUT2D eigenvalue weighted by atomic mass is 10.1. The molecule has 0 spiro atoms. The quantitative estimate of drug-likeness (QED) is 0.357. The number of benzene rings is 1. The van der Waals surface area contributed by atoms with Crippen LogP contribution in [0, 0.1) is 18.6 Å². The maximum absolute atomic E-state index is 14.8. The summed E-state index contributed by atoms with van der Waals surface area (Å²) < 4.78 is 32.9. The number of anilines is 1. The zero-order valence-electron chi connectivity index (χ0n) is 12.5. The number of aromatic nitrogens is 2. The number of rotatable bonds is 0. The van der Waals surface area contributed by atoms with E-state index in [0.29, 0.717) is 28.4 Å². The number of hydrogen-bond donors (Lipinski definition) is 0. The standard InChI is InChI=1S/C14H12F2I2N4OS/c1-6-9(15)11-8-12(10(6)16)24-5-7-4-20(17)2-3-21(7)13(8)19-14(23)22(11)18/h7H,2-5H2,1H3. The van der Waals surface area contributed by atoms with Crippen molar-refractivity contribution in [2.75, 3.05) is 30.3 Å². The summed E-state index contributed by atoms with van der Waals surface area (Å²) in [5.74, 6) is -0.153. The van der Waals surface area contributed by atoms with Crippen LogP contribution in [-0.2, 0) is 0 Å². The number of fused-ring (bicyclic) bond motifs is 2. The predicted molar refractivity (Wildman–Crippen MR) is 108 cm³/mol. The van der Waals surface area contributed by atoms with Crippen molar-refractivity contribution in [1.82, 2.24) is 10.9 Å². The summed E-state index contributed by atoms with van der Waals surface area (Å²) in [5, 5.41) is 0.416. The largest absolute Gasteiger partial charge is 0.359 e. The Morgan fingerprint density at radius 2 is 2.00 bits per heavy atom. The zero-order chi connectivity index (χ0) is 17.2. The molecule has 1 aromatic carbocycles.